The molecule has 1 aromatic carbocycles. The molecule has 0 aromatic heterocycles. The molecule has 0 radical (unpaired) electrons. The zero-order valence-corrected chi connectivity index (χ0v) is 13.2. The second-order valence-electron chi connectivity index (χ2n) is 5.73. The molecule has 0 heterocycles. The van der Waals surface area contributed by atoms with E-state index in [4.69, 9.17) is 4.74 Å². The molecule has 0 bridgehead atoms. The van der Waals surface area contributed by atoms with Crippen molar-refractivity contribution in [1.29, 1.82) is 0 Å². The number of aliphatic hydroxyl groups is 2. The molecule has 0 aliphatic heterocycles. The predicted octanol–water partition coefficient (Wildman–Crippen LogP) is 1.60. The number of aliphatic hydroxyl groups excluding tert-OH is 2. The highest BCUT2D eigenvalue weighted by Crippen LogP contribution is 2.24. The van der Waals surface area contributed by atoms with Gasteiger partial charge in [-0.05, 0) is 39.3 Å². The number of esters is 2. The first-order valence-electron chi connectivity index (χ1n) is 7.02. The number of hydrogen-bond acceptors (Lipinski definition) is 6. The Balaban J connectivity index is 3.05. The minimum absolute atomic E-state index is 0.0797. The average Bonchev–Trinajstić information content (AvgIpc) is 2.44. The lowest BCUT2D eigenvalue weighted by Crippen LogP contribution is -2.31. The monoisotopic (exact) mass is 310 g/mol. The summed E-state index contributed by atoms with van der Waals surface area (Å²) < 4.78 is 9.92. The molecule has 0 saturated carbocycles. The fourth-order valence-corrected chi connectivity index (χ4v) is 1.80. The van der Waals surface area contributed by atoms with Gasteiger partial charge in [0.05, 0.1) is 12.2 Å². The predicted molar refractivity (Wildman–Crippen MR) is 79.2 cm³/mol. The normalized spacial score (nSPS) is 14.1. The van der Waals surface area contributed by atoms with E-state index in [1.54, 1.807) is 39.8 Å². The molecular formula is C16H22O6. The Bertz CT molecular complexity index is 532. The van der Waals surface area contributed by atoms with E-state index in [1.165, 1.54) is 12.1 Å². The standard InChI is InChI=1S/C16H22O6/c1-5-21-15(20)13(18)12(17)10-8-6-7-9-11(10)14(19)22-16(2,3)4/h6-9,12-13,17-18H,5H2,1-4H3. The van der Waals surface area contributed by atoms with Crippen molar-refractivity contribution in [3.63, 3.8) is 0 Å². The van der Waals surface area contributed by atoms with Gasteiger partial charge in [-0.2, -0.15) is 0 Å². The van der Waals surface area contributed by atoms with Gasteiger partial charge in [0.2, 0.25) is 0 Å². The van der Waals surface area contributed by atoms with Gasteiger partial charge in [-0.25, -0.2) is 9.59 Å². The molecule has 0 aliphatic carbocycles. The lowest BCUT2D eigenvalue weighted by Gasteiger charge is -2.22. The van der Waals surface area contributed by atoms with Crippen molar-refractivity contribution in [2.24, 2.45) is 0 Å². The van der Waals surface area contributed by atoms with Crippen LogP contribution in [0.3, 0.4) is 0 Å². The molecule has 6 heteroatoms. The molecule has 0 saturated heterocycles. The van der Waals surface area contributed by atoms with Crippen LogP contribution in [-0.2, 0) is 14.3 Å². The number of carbonyl (C=O) groups excluding carboxylic acids is 2. The van der Waals surface area contributed by atoms with Crippen LogP contribution in [0.25, 0.3) is 0 Å². The van der Waals surface area contributed by atoms with Gasteiger partial charge >= 0.3 is 11.9 Å². The van der Waals surface area contributed by atoms with E-state index >= 15 is 0 Å². The Labute approximate surface area is 129 Å². The summed E-state index contributed by atoms with van der Waals surface area (Å²) in [5, 5.41) is 20.0. The van der Waals surface area contributed by atoms with Crippen molar-refractivity contribution in [3.05, 3.63) is 35.4 Å². The summed E-state index contributed by atoms with van der Waals surface area (Å²) in [5.74, 6) is -1.59. The molecule has 6 nitrogen and oxygen atoms in total. The first-order chi connectivity index (χ1) is 10.2. The number of benzene rings is 1. The Morgan fingerprint density at radius 2 is 1.77 bits per heavy atom. The van der Waals surface area contributed by atoms with E-state index in [0.29, 0.717) is 0 Å². The van der Waals surface area contributed by atoms with Crippen LogP contribution in [-0.4, -0.2) is 40.5 Å². The molecule has 1 rings (SSSR count). The molecule has 0 aliphatic rings. The molecule has 1 aromatic rings. The molecular weight excluding hydrogens is 288 g/mol. The molecule has 22 heavy (non-hydrogen) atoms. The summed E-state index contributed by atoms with van der Waals surface area (Å²) in [4.78, 5) is 23.7. The van der Waals surface area contributed by atoms with Crippen LogP contribution in [0.2, 0.25) is 0 Å². The van der Waals surface area contributed by atoms with Gasteiger partial charge in [0, 0.05) is 0 Å². The van der Waals surface area contributed by atoms with Gasteiger partial charge in [0.1, 0.15) is 11.7 Å². The zero-order valence-electron chi connectivity index (χ0n) is 13.2. The fraction of sp³-hybridized carbons (Fsp3) is 0.500. The summed E-state index contributed by atoms with van der Waals surface area (Å²) in [6, 6.07) is 6.10. The third kappa shape index (κ3) is 4.82. The highest BCUT2D eigenvalue weighted by atomic mass is 16.6. The summed E-state index contributed by atoms with van der Waals surface area (Å²) >= 11 is 0. The van der Waals surface area contributed by atoms with Crippen LogP contribution >= 0.6 is 0 Å². The highest BCUT2D eigenvalue weighted by Gasteiger charge is 2.31. The third-order valence-electron chi connectivity index (χ3n) is 2.73. The topological polar surface area (TPSA) is 93.1 Å². The molecule has 2 unspecified atom stereocenters. The van der Waals surface area contributed by atoms with Crippen LogP contribution in [0, 0.1) is 0 Å². The number of carbonyl (C=O) groups is 2. The van der Waals surface area contributed by atoms with Crippen molar-refractivity contribution < 1.29 is 29.3 Å². The lowest BCUT2D eigenvalue weighted by molar-refractivity contribution is -0.159. The van der Waals surface area contributed by atoms with E-state index < -0.39 is 29.7 Å². The van der Waals surface area contributed by atoms with Crippen molar-refractivity contribution in [2.75, 3.05) is 6.61 Å². The Kier molecular flexibility index (Phi) is 6.08. The summed E-state index contributed by atoms with van der Waals surface area (Å²) in [7, 11) is 0. The van der Waals surface area contributed by atoms with Gasteiger partial charge in [0.15, 0.2) is 6.10 Å². The maximum absolute atomic E-state index is 12.2. The van der Waals surface area contributed by atoms with Crippen LogP contribution in [0.4, 0.5) is 0 Å². The Morgan fingerprint density at radius 1 is 1.18 bits per heavy atom. The molecule has 0 amide bonds. The second-order valence-corrected chi connectivity index (χ2v) is 5.73. The van der Waals surface area contributed by atoms with Gasteiger partial charge in [-0.1, -0.05) is 18.2 Å². The van der Waals surface area contributed by atoms with E-state index in [9.17, 15) is 19.8 Å². The number of ether oxygens (including phenoxy) is 2. The van der Waals surface area contributed by atoms with E-state index in [2.05, 4.69) is 4.74 Å². The van der Waals surface area contributed by atoms with Gasteiger partial charge in [-0.15, -0.1) is 0 Å². The molecule has 0 spiro atoms. The van der Waals surface area contributed by atoms with Crippen LogP contribution in [0.5, 0.6) is 0 Å². The molecule has 0 fully saturated rings. The molecule has 2 N–H and O–H groups in total. The van der Waals surface area contributed by atoms with Crippen LogP contribution in [0.1, 0.15) is 49.7 Å². The summed E-state index contributed by atoms with van der Waals surface area (Å²) in [5.41, 5.74) is -0.500. The van der Waals surface area contributed by atoms with Crippen molar-refractivity contribution in [3.8, 4) is 0 Å². The fourth-order valence-electron chi connectivity index (χ4n) is 1.80. The minimum atomic E-state index is -1.77. The zero-order chi connectivity index (χ0) is 16.9. The van der Waals surface area contributed by atoms with Crippen molar-refractivity contribution >= 4 is 11.9 Å². The van der Waals surface area contributed by atoms with Crippen LogP contribution < -0.4 is 0 Å². The van der Waals surface area contributed by atoms with Gasteiger partial charge < -0.3 is 19.7 Å². The van der Waals surface area contributed by atoms with E-state index in [1.807, 2.05) is 0 Å². The Morgan fingerprint density at radius 3 is 2.32 bits per heavy atom. The van der Waals surface area contributed by atoms with Crippen LogP contribution in [0.15, 0.2) is 24.3 Å². The van der Waals surface area contributed by atoms with E-state index in [-0.39, 0.29) is 17.7 Å². The van der Waals surface area contributed by atoms with Crippen molar-refractivity contribution in [2.45, 2.75) is 45.5 Å². The summed E-state index contributed by atoms with van der Waals surface area (Å²) in [6.45, 7) is 6.83. The summed E-state index contributed by atoms with van der Waals surface area (Å²) in [6.07, 6.45) is -3.36. The minimum Gasteiger partial charge on any atom is -0.464 e. The van der Waals surface area contributed by atoms with E-state index in [0.717, 1.165) is 0 Å². The maximum Gasteiger partial charge on any atom is 0.339 e. The smallest absolute Gasteiger partial charge is 0.339 e. The largest absolute Gasteiger partial charge is 0.464 e. The first kappa shape index (κ1) is 18.1. The van der Waals surface area contributed by atoms with Gasteiger partial charge in [-0.3, -0.25) is 0 Å². The van der Waals surface area contributed by atoms with Gasteiger partial charge in [0.25, 0.3) is 0 Å². The average molecular weight is 310 g/mol. The first-order valence-corrected chi connectivity index (χ1v) is 7.02. The quantitative estimate of drug-likeness (QED) is 0.802. The third-order valence-corrected chi connectivity index (χ3v) is 2.73. The highest BCUT2D eigenvalue weighted by molar-refractivity contribution is 5.92. The number of hydrogen-bond donors (Lipinski definition) is 2. The molecule has 2 atom stereocenters. The maximum atomic E-state index is 12.2. The molecule has 122 valence electrons. The second kappa shape index (κ2) is 7.38. The van der Waals surface area contributed by atoms with Crippen molar-refractivity contribution in [1.82, 2.24) is 0 Å². The Hall–Kier alpha value is -1.92. The SMILES string of the molecule is CCOC(=O)C(O)C(O)c1ccccc1C(=O)OC(C)(C)C. The lowest BCUT2D eigenvalue weighted by atomic mass is 9.98. The number of rotatable bonds is 5.